The lowest BCUT2D eigenvalue weighted by atomic mass is 9.90. The van der Waals surface area contributed by atoms with Crippen LogP contribution in [0.5, 0.6) is 5.75 Å². The van der Waals surface area contributed by atoms with Crippen molar-refractivity contribution in [3.63, 3.8) is 0 Å². The van der Waals surface area contributed by atoms with Crippen molar-refractivity contribution in [2.75, 3.05) is 19.6 Å². The molecule has 7 heteroatoms. The molecule has 1 saturated heterocycles. The van der Waals surface area contributed by atoms with Gasteiger partial charge in [-0.25, -0.2) is 0 Å². The largest absolute Gasteiger partial charge is 0.573 e. The average Bonchev–Trinajstić information content (AvgIpc) is 3.27. The number of ether oxygens (including phenoxy) is 1. The molecular formula is C24H32F3NO3. The Morgan fingerprint density at radius 3 is 2.42 bits per heavy atom. The predicted molar refractivity (Wildman–Crippen MR) is 112 cm³/mol. The van der Waals surface area contributed by atoms with Crippen LogP contribution in [0.3, 0.4) is 0 Å². The van der Waals surface area contributed by atoms with Gasteiger partial charge in [0, 0.05) is 24.3 Å². The molecule has 1 aliphatic carbocycles. The summed E-state index contributed by atoms with van der Waals surface area (Å²) in [5, 5.41) is 0. The van der Waals surface area contributed by atoms with Crippen LogP contribution in [0.2, 0.25) is 0 Å². The number of benzene rings is 1. The van der Waals surface area contributed by atoms with Gasteiger partial charge in [-0.3, -0.25) is 9.59 Å². The summed E-state index contributed by atoms with van der Waals surface area (Å²) < 4.78 is 41.0. The number of rotatable bonds is 10. The second-order valence-corrected chi connectivity index (χ2v) is 8.87. The van der Waals surface area contributed by atoms with E-state index in [1.165, 1.54) is 31.0 Å². The van der Waals surface area contributed by atoms with E-state index in [1.807, 2.05) is 0 Å². The molecule has 4 nitrogen and oxygen atoms in total. The van der Waals surface area contributed by atoms with Crippen LogP contribution in [-0.2, 0) is 4.79 Å². The number of carbonyl (C=O) groups excluding carboxylic acids is 2. The lowest BCUT2D eigenvalue weighted by Crippen LogP contribution is -2.34. The Morgan fingerprint density at radius 2 is 1.74 bits per heavy atom. The van der Waals surface area contributed by atoms with E-state index in [1.54, 1.807) is 0 Å². The average molecular weight is 440 g/mol. The van der Waals surface area contributed by atoms with E-state index in [0.29, 0.717) is 30.5 Å². The van der Waals surface area contributed by atoms with E-state index in [4.69, 9.17) is 0 Å². The van der Waals surface area contributed by atoms with E-state index >= 15 is 0 Å². The number of alkyl halides is 3. The zero-order valence-electron chi connectivity index (χ0n) is 18.0. The number of nitrogens with zero attached hydrogens (tertiary/aromatic N) is 1. The van der Waals surface area contributed by atoms with E-state index in [-0.39, 0.29) is 17.1 Å². The van der Waals surface area contributed by atoms with Crippen molar-refractivity contribution in [1.29, 1.82) is 0 Å². The lowest BCUT2D eigenvalue weighted by Gasteiger charge is -2.32. The Morgan fingerprint density at radius 1 is 1.03 bits per heavy atom. The van der Waals surface area contributed by atoms with Crippen molar-refractivity contribution in [3.05, 3.63) is 29.8 Å². The highest BCUT2D eigenvalue weighted by Crippen LogP contribution is 2.28. The lowest BCUT2D eigenvalue weighted by molar-refractivity contribution is -0.274. The van der Waals surface area contributed by atoms with Gasteiger partial charge >= 0.3 is 6.36 Å². The summed E-state index contributed by atoms with van der Waals surface area (Å²) in [6.45, 7) is 2.91. The SMILES string of the molecule is O=C(CCC1CCN(CCCC(=O)C2CCCC2)CC1)c1cccc(OC(F)(F)F)c1. The topological polar surface area (TPSA) is 46.6 Å². The molecule has 0 N–H and O–H groups in total. The van der Waals surface area contributed by atoms with Crippen molar-refractivity contribution < 1.29 is 27.5 Å². The Balaban J connectivity index is 1.33. The van der Waals surface area contributed by atoms with Crippen molar-refractivity contribution in [2.24, 2.45) is 11.8 Å². The van der Waals surface area contributed by atoms with Crippen LogP contribution in [0.4, 0.5) is 13.2 Å². The summed E-state index contributed by atoms with van der Waals surface area (Å²) in [5.74, 6) is 0.688. The van der Waals surface area contributed by atoms with Crippen LogP contribution in [0.15, 0.2) is 24.3 Å². The van der Waals surface area contributed by atoms with Crippen molar-refractivity contribution in [1.82, 2.24) is 4.90 Å². The highest BCUT2D eigenvalue weighted by molar-refractivity contribution is 5.96. The summed E-state index contributed by atoms with van der Waals surface area (Å²) in [5.41, 5.74) is 0.256. The third kappa shape index (κ3) is 7.95. The Labute approximate surface area is 182 Å². The first-order valence-electron chi connectivity index (χ1n) is 11.4. The molecule has 0 bridgehead atoms. The molecule has 1 aromatic rings. The van der Waals surface area contributed by atoms with E-state index < -0.39 is 6.36 Å². The molecule has 1 aromatic carbocycles. The van der Waals surface area contributed by atoms with Gasteiger partial charge < -0.3 is 9.64 Å². The maximum atomic E-state index is 12.4. The highest BCUT2D eigenvalue weighted by Gasteiger charge is 2.31. The standard InChI is InChI=1S/C24H32F3NO3/c25-24(26,27)31-21-8-3-7-20(17-21)23(30)11-10-18-12-15-28(16-13-18)14-4-9-22(29)19-5-1-2-6-19/h3,7-8,17-19H,1-2,4-6,9-16H2. The highest BCUT2D eigenvalue weighted by atomic mass is 19.4. The van der Waals surface area contributed by atoms with Crippen molar-refractivity contribution in [2.45, 2.75) is 70.6 Å². The molecule has 172 valence electrons. The zero-order chi connectivity index (χ0) is 22.3. The molecule has 0 atom stereocenters. The maximum Gasteiger partial charge on any atom is 0.573 e. The van der Waals surface area contributed by atoms with Gasteiger partial charge in [-0.2, -0.15) is 0 Å². The third-order valence-corrected chi connectivity index (χ3v) is 6.58. The molecule has 2 aliphatic rings. The van der Waals surface area contributed by atoms with Gasteiger partial charge in [0.1, 0.15) is 11.5 Å². The summed E-state index contributed by atoms with van der Waals surface area (Å²) in [6, 6.07) is 5.29. The molecule has 2 fully saturated rings. The molecular weight excluding hydrogens is 407 g/mol. The summed E-state index contributed by atoms with van der Waals surface area (Å²) >= 11 is 0. The second-order valence-electron chi connectivity index (χ2n) is 8.87. The molecule has 0 aromatic heterocycles. The van der Waals surface area contributed by atoms with Gasteiger partial charge in [0.2, 0.25) is 0 Å². The maximum absolute atomic E-state index is 12.4. The van der Waals surface area contributed by atoms with E-state index in [9.17, 15) is 22.8 Å². The van der Waals surface area contributed by atoms with Gasteiger partial charge in [0.15, 0.2) is 5.78 Å². The van der Waals surface area contributed by atoms with Gasteiger partial charge in [0.25, 0.3) is 0 Å². The smallest absolute Gasteiger partial charge is 0.406 e. The molecule has 1 heterocycles. The fourth-order valence-electron chi connectivity index (χ4n) is 4.77. The third-order valence-electron chi connectivity index (χ3n) is 6.58. The Bertz CT molecular complexity index is 736. The number of Topliss-reactive ketones (excluding diaryl/α,β-unsaturated/α-hetero) is 2. The number of carbonyl (C=O) groups is 2. The van der Waals surface area contributed by atoms with Gasteiger partial charge in [-0.15, -0.1) is 13.2 Å². The van der Waals surface area contributed by atoms with Gasteiger partial charge in [0.05, 0.1) is 0 Å². The minimum absolute atomic E-state index is 0.152. The molecule has 0 spiro atoms. The summed E-state index contributed by atoms with van der Waals surface area (Å²) in [4.78, 5) is 27.0. The molecule has 0 radical (unpaired) electrons. The number of halogens is 3. The molecule has 1 aliphatic heterocycles. The first-order valence-corrected chi connectivity index (χ1v) is 11.4. The van der Waals surface area contributed by atoms with Crippen molar-refractivity contribution >= 4 is 11.6 Å². The molecule has 0 amide bonds. The van der Waals surface area contributed by atoms with Crippen LogP contribution < -0.4 is 4.74 Å². The van der Waals surface area contributed by atoms with Crippen molar-refractivity contribution in [3.8, 4) is 5.75 Å². The summed E-state index contributed by atoms with van der Waals surface area (Å²) in [7, 11) is 0. The molecule has 1 saturated carbocycles. The number of likely N-dealkylation sites (tertiary alicyclic amines) is 1. The van der Waals surface area contributed by atoms with Gasteiger partial charge in [-0.05, 0) is 76.2 Å². The minimum atomic E-state index is -4.76. The number of hydrogen-bond acceptors (Lipinski definition) is 4. The van der Waals surface area contributed by atoms with E-state index in [2.05, 4.69) is 9.64 Å². The van der Waals surface area contributed by atoms with Gasteiger partial charge in [-0.1, -0.05) is 25.0 Å². The number of ketones is 2. The summed E-state index contributed by atoms with van der Waals surface area (Å²) in [6.07, 6.45) is 4.49. The van der Waals surface area contributed by atoms with E-state index in [0.717, 1.165) is 64.2 Å². The Kier molecular flexibility index (Phi) is 8.52. The van der Waals surface area contributed by atoms with Crippen LogP contribution in [-0.4, -0.2) is 42.5 Å². The number of piperidine rings is 1. The first kappa shape index (κ1) is 23.8. The normalized spacial score (nSPS) is 18.9. The van der Waals surface area contributed by atoms with Crippen LogP contribution in [0.1, 0.15) is 74.6 Å². The molecule has 3 rings (SSSR count). The monoisotopic (exact) mass is 439 g/mol. The minimum Gasteiger partial charge on any atom is -0.406 e. The van der Waals surface area contributed by atoms with Crippen LogP contribution >= 0.6 is 0 Å². The number of hydrogen-bond donors (Lipinski definition) is 0. The quantitative estimate of drug-likeness (QED) is 0.432. The fraction of sp³-hybridized carbons (Fsp3) is 0.667. The van der Waals surface area contributed by atoms with Crippen LogP contribution in [0.25, 0.3) is 0 Å². The molecule has 31 heavy (non-hydrogen) atoms. The predicted octanol–water partition coefficient (Wildman–Crippen LogP) is 5.80. The van der Waals surface area contributed by atoms with Crippen LogP contribution in [0, 0.1) is 11.8 Å². The second kappa shape index (κ2) is 11.1. The fourth-order valence-corrected chi connectivity index (χ4v) is 4.77. The molecule has 0 unspecified atom stereocenters. The Hall–Kier alpha value is -1.89. The zero-order valence-corrected chi connectivity index (χ0v) is 18.0. The first-order chi connectivity index (χ1) is 14.8.